The van der Waals surface area contributed by atoms with Crippen molar-refractivity contribution in [2.24, 2.45) is 17.8 Å². The van der Waals surface area contributed by atoms with Crippen LogP contribution in [0.4, 0.5) is 0 Å². The Bertz CT molecular complexity index is 543. The summed E-state index contributed by atoms with van der Waals surface area (Å²) in [5.74, 6) is 2.09. The number of benzene rings is 1. The molecular formula is C17H23NO3. The highest BCUT2D eigenvalue weighted by molar-refractivity contribution is 5.98. The van der Waals surface area contributed by atoms with Crippen molar-refractivity contribution in [2.75, 3.05) is 20.1 Å². The lowest BCUT2D eigenvalue weighted by molar-refractivity contribution is 0.0929. The van der Waals surface area contributed by atoms with E-state index in [0.29, 0.717) is 12.1 Å². The van der Waals surface area contributed by atoms with Gasteiger partial charge in [0.15, 0.2) is 17.3 Å². The molecule has 1 aromatic rings. The van der Waals surface area contributed by atoms with Gasteiger partial charge in [0.05, 0.1) is 6.54 Å². The van der Waals surface area contributed by atoms with Crippen LogP contribution in [0.1, 0.15) is 36.0 Å². The Labute approximate surface area is 125 Å². The van der Waals surface area contributed by atoms with Gasteiger partial charge in [0.2, 0.25) is 0 Å². The minimum Gasteiger partial charge on any atom is -0.504 e. The maximum absolute atomic E-state index is 12.2. The molecule has 3 unspecified atom stereocenters. The average molecular weight is 289 g/mol. The summed E-state index contributed by atoms with van der Waals surface area (Å²) in [7, 11) is 1.99. The zero-order chi connectivity index (χ0) is 15.0. The Morgan fingerprint density at radius 2 is 2.05 bits per heavy atom. The van der Waals surface area contributed by atoms with Crippen LogP contribution in [0.3, 0.4) is 0 Å². The molecule has 4 nitrogen and oxygen atoms in total. The van der Waals surface area contributed by atoms with Crippen molar-refractivity contribution < 1.29 is 15.0 Å². The van der Waals surface area contributed by atoms with E-state index in [1.54, 1.807) is 6.07 Å². The molecule has 4 heteroatoms. The van der Waals surface area contributed by atoms with Crippen molar-refractivity contribution in [3.8, 4) is 11.5 Å². The second-order valence-electron chi connectivity index (χ2n) is 6.76. The van der Waals surface area contributed by atoms with Crippen LogP contribution in [0, 0.1) is 17.8 Å². The quantitative estimate of drug-likeness (QED) is 0.646. The van der Waals surface area contributed by atoms with Crippen LogP contribution < -0.4 is 0 Å². The first-order chi connectivity index (χ1) is 10.0. The fourth-order valence-electron chi connectivity index (χ4n) is 4.10. The van der Waals surface area contributed by atoms with E-state index in [0.717, 1.165) is 24.3 Å². The highest BCUT2D eigenvalue weighted by Gasteiger charge is 2.39. The molecule has 2 fully saturated rings. The number of nitrogens with zero attached hydrogens (tertiary/aromatic N) is 1. The smallest absolute Gasteiger partial charge is 0.176 e. The van der Waals surface area contributed by atoms with Crippen molar-refractivity contribution in [1.82, 2.24) is 4.90 Å². The molecule has 0 spiro atoms. The lowest BCUT2D eigenvalue weighted by Gasteiger charge is -2.26. The van der Waals surface area contributed by atoms with Crippen LogP contribution in [0.2, 0.25) is 0 Å². The number of hydrogen-bond donors (Lipinski definition) is 2. The van der Waals surface area contributed by atoms with E-state index in [1.807, 2.05) is 7.05 Å². The van der Waals surface area contributed by atoms with Crippen LogP contribution in [0.5, 0.6) is 11.5 Å². The number of carbonyl (C=O) groups is 1. The molecule has 2 aliphatic rings. The summed E-state index contributed by atoms with van der Waals surface area (Å²) in [6.07, 6.45) is 5.47. The van der Waals surface area contributed by atoms with Gasteiger partial charge in [-0.25, -0.2) is 0 Å². The van der Waals surface area contributed by atoms with Crippen LogP contribution in [0.25, 0.3) is 0 Å². The van der Waals surface area contributed by atoms with E-state index in [2.05, 4.69) is 4.90 Å². The molecule has 0 amide bonds. The van der Waals surface area contributed by atoms with Crippen molar-refractivity contribution in [3.05, 3.63) is 23.8 Å². The van der Waals surface area contributed by atoms with Crippen molar-refractivity contribution >= 4 is 5.78 Å². The Morgan fingerprint density at radius 3 is 2.67 bits per heavy atom. The second-order valence-corrected chi connectivity index (χ2v) is 6.76. The summed E-state index contributed by atoms with van der Waals surface area (Å²) in [6.45, 7) is 1.34. The van der Waals surface area contributed by atoms with Gasteiger partial charge >= 0.3 is 0 Å². The van der Waals surface area contributed by atoms with E-state index >= 15 is 0 Å². The summed E-state index contributed by atoms with van der Waals surface area (Å²) in [4.78, 5) is 14.3. The van der Waals surface area contributed by atoms with Crippen molar-refractivity contribution in [3.63, 3.8) is 0 Å². The molecule has 2 saturated carbocycles. The zero-order valence-electron chi connectivity index (χ0n) is 12.5. The molecule has 2 bridgehead atoms. The molecule has 3 rings (SSSR count). The summed E-state index contributed by atoms with van der Waals surface area (Å²) in [6, 6.07) is 4.25. The summed E-state index contributed by atoms with van der Waals surface area (Å²) in [5, 5.41) is 18.8. The van der Waals surface area contributed by atoms with Crippen molar-refractivity contribution in [1.29, 1.82) is 0 Å². The molecule has 2 N–H and O–H groups in total. The first kappa shape index (κ1) is 14.4. The third-order valence-electron chi connectivity index (χ3n) is 5.14. The van der Waals surface area contributed by atoms with Gasteiger partial charge in [-0.15, -0.1) is 0 Å². The monoisotopic (exact) mass is 289 g/mol. The highest BCUT2D eigenvalue weighted by Crippen LogP contribution is 2.48. The summed E-state index contributed by atoms with van der Waals surface area (Å²) >= 11 is 0. The first-order valence-electron chi connectivity index (χ1n) is 7.76. The highest BCUT2D eigenvalue weighted by atomic mass is 16.3. The first-order valence-corrected chi connectivity index (χ1v) is 7.76. The van der Waals surface area contributed by atoms with Crippen molar-refractivity contribution in [2.45, 2.75) is 25.7 Å². The number of likely N-dealkylation sites (N-methyl/N-ethyl adjacent to an activating group) is 1. The maximum Gasteiger partial charge on any atom is 0.176 e. The van der Waals surface area contributed by atoms with Crippen LogP contribution in [0.15, 0.2) is 18.2 Å². The van der Waals surface area contributed by atoms with E-state index in [1.165, 1.54) is 37.8 Å². The molecule has 0 aliphatic heterocycles. The van der Waals surface area contributed by atoms with Gasteiger partial charge in [0.25, 0.3) is 0 Å². The molecule has 0 heterocycles. The molecule has 21 heavy (non-hydrogen) atoms. The lowest BCUT2D eigenvalue weighted by Crippen LogP contribution is -2.32. The SMILES string of the molecule is CN(CC(=O)c1ccc(O)c(O)c1)CC1CC2CCC1C2. The molecule has 0 aromatic heterocycles. The molecule has 1 aromatic carbocycles. The number of carbonyl (C=O) groups excluding carboxylic acids is 1. The third kappa shape index (κ3) is 3.05. The Morgan fingerprint density at radius 1 is 1.24 bits per heavy atom. The van der Waals surface area contributed by atoms with Gasteiger partial charge < -0.3 is 10.2 Å². The van der Waals surface area contributed by atoms with Gasteiger partial charge in [-0.05, 0) is 62.3 Å². The van der Waals surface area contributed by atoms with Crippen LogP contribution in [-0.4, -0.2) is 41.0 Å². The summed E-state index contributed by atoms with van der Waals surface area (Å²) < 4.78 is 0. The number of rotatable bonds is 5. The van der Waals surface area contributed by atoms with Crippen LogP contribution >= 0.6 is 0 Å². The molecule has 114 valence electrons. The standard InChI is InChI=1S/C17H23NO3/c1-18(9-14-7-11-2-3-12(14)6-11)10-17(21)13-4-5-15(19)16(20)8-13/h4-5,8,11-12,14,19-20H,2-3,6-7,9-10H2,1H3. The van der Waals surface area contributed by atoms with Gasteiger partial charge in [0.1, 0.15) is 0 Å². The number of Topliss-reactive ketones (excluding diaryl/α,β-unsaturated/α-hetero) is 1. The second kappa shape index (κ2) is 5.68. The van der Waals surface area contributed by atoms with E-state index in [4.69, 9.17) is 0 Å². The summed E-state index contributed by atoms with van der Waals surface area (Å²) in [5.41, 5.74) is 0.449. The van der Waals surface area contributed by atoms with E-state index in [-0.39, 0.29) is 17.3 Å². The van der Waals surface area contributed by atoms with Gasteiger partial charge in [-0.3, -0.25) is 9.69 Å². The largest absolute Gasteiger partial charge is 0.504 e. The average Bonchev–Trinajstić information content (AvgIpc) is 3.04. The fraction of sp³-hybridized carbons (Fsp3) is 0.588. The number of fused-ring (bicyclic) bond motifs is 2. The number of hydrogen-bond acceptors (Lipinski definition) is 4. The predicted octanol–water partition coefficient (Wildman–Crippen LogP) is 2.65. The fourth-order valence-corrected chi connectivity index (χ4v) is 4.10. The minimum absolute atomic E-state index is 0.0176. The topological polar surface area (TPSA) is 60.8 Å². The Hall–Kier alpha value is -1.55. The minimum atomic E-state index is -0.239. The Kier molecular flexibility index (Phi) is 3.89. The van der Waals surface area contributed by atoms with Gasteiger partial charge in [0, 0.05) is 12.1 Å². The molecule has 0 saturated heterocycles. The molecule has 3 atom stereocenters. The zero-order valence-corrected chi connectivity index (χ0v) is 12.5. The van der Waals surface area contributed by atoms with E-state index in [9.17, 15) is 15.0 Å². The van der Waals surface area contributed by atoms with Gasteiger partial charge in [-0.2, -0.15) is 0 Å². The number of phenolic OH excluding ortho intramolecular Hbond substituents is 2. The van der Waals surface area contributed by atoms with E-state index < -0.39 is 0 Å². The molecule has 2 aliphatic carbocycles. The number of ketones is 1. The van der Waals surface area contributed by atoms with Crippen LogP contribution in [-0.2, 0) is 0 Å². The number of phenols is 2. The lowest BCUT2D eigenvalue weighted by atomic mass is 9.88. The molecular weight excluding hydrogens is 266 g/mol. The normalized spacial score (nSPS) is 27.4. The predicted molar refractivity (Wildman–Crippen MR) is 80.5 cm³/mol. The third-order valence-corrected chi connectivity index (χ3v) is 5.14. The number of aromatic hydroxyl groups is 2. The maximum atomic E-state index is 12.2. The molecule has 0 radical (unpaired) electrons. The van der Waals surface area contributed by atoms with Gasteiger partial charge in [-0.1, -0.05) is 6.42 Å². The Balaban J connectivity index is 1.55.